The van der Waals surface area contributed by atoms with E-state index in [0.29, 0.717) is 11.4 Å². The van der Waals surface area contributed by atoms with Crippen LogP contribution in [0.1, 0.15) is 23.8 Å². The topological polar surface area (TPSA) is 102 Å². The highest BCUT2D eigenvalue weighted by Crippen LogP contribution is 2.23. The van der Waals surface area contributed by atoms with Gasteiger partial charge in [0.05, 0.1) is 11.5 Å². The first-order valence-electron chi connectivity index (χ1n) is 8.07. The number of esters is 1. The molecule has 0 spiro atoms. The van der Waals surface area contributed by atoms with Crippen LogP contribution in [-0.4, -0.2) is 48.9 Å². The van der Waals surface area contributed by atoms with E-state index in [1.165, 1.54) is 18.3 Å². The molecule has 0 saturated carbocycles. The standard InChI is InChI=1S/C17H18N2O5S2/c1-11(15(20)18-13-7-8-26(22,23)10-13)24-17(21)14-9-25-16(19-14)12-5-3-2-4-6-12/h2-6,9,11,13H,7-8,10H2,1H3,(H,18,20)/t11-,13-/m1/s1. The summed E-state index contributed by atoms with van der Waals surface area (Å²) in [6.45, 7) is 1.45. The lowest BCUT2D eigenvalue weighted by Gasteiger charge is -2.16. The van der Waals surface area contributed by atoms with Crippen LogP contribution in [0.15, 0.2) is 35.7 Å². The molecule has 2 aromatic rings. The Hall–Kier alpha value is -2.26. The molecule has 0 aliphatic carbocycles. The zero-order valence-electron chi connectivity index (χ0n) is 14.0. The zero-order valence-corrected chi connectivity index (χ0v) is 15.7. The summed E-state index contributed by atoms with van der Waals surface area (Å²) in [4.78, 5) is 28.5. The fourth-order valence-corrected chi connectivity index (χ4v) is 5.05. The Morgan fingerprint density at radius 1 is 1.31 bits per heavy atom. The van der Waals surface area contributed by atoms with Crippen molar-refractivity contribution in [2.24, 2.45) is 0 Å². The lowest BCUT2D eigenvalue weighted by atomic mass is 10.2. The van der Waals surface area contributed by atoms with Crippen molar-refractivity contribution in [1.29, 1.82) is 0 Å². The SMILES string of the molecule is C[C@@H](OC(=O)c1csc(-c2ccccc2)n1)C(=O)N[C@@H]1CCS(=O)(=O)C1. The van der Waals surface area contributed by atoms with Crippen LogP contribution in [0.5, 0.6) is 0 Å². The minimum atomic E-state index is -3.09. The molecule has 0 bridgehead atoms. The Labute approximate surface area is 155 Å². The predicted molar refractivity (Wildman–Crippen MR) is 97.6 cm³/mol. The molecule has 138 valence electrons. The van der Waals surface area contributed by atoms with Crippen LogP contribution < -0.4 is 5.32 Å². The average molecular weight is 394 g/mol. The van der Waals surface area contributed by atoms with Gasteiger partial charge in [0, 0.05) is 17.0 Å². The first-order chi connectivity index (χ1) is 12.3. The fraction of sp³-hybridized carbons (Fsp3) is 0.353. The van der Waals surface area contributed by atoms with Crippen molar-refractivity contribution < 1.29 is 22.7 Å². The molecule has 2 heterocycles. The van der Waals surface area contributed by atoms with Gasteiger partial charge in [-0.2, -0.15) is 0 Å². The van der Waals surface area contributed by atoms with Gasteiger partial charge in [0.15, 0.2) is 21.6 Å². The van der Waals surface area contributed by atoms with E-state index < -0.39 is 33.9 Å². The van der Waals surface area contributed by atoms with Crippen LogP contribution in [0.2, 0.25) is 0 Å². The maximum absolute atomic E-state index is 12.2. The van der Waals surface area contributed by atoms with Crippen LogP contribution in [-0.2, 0) is 19.4 Å². The number of aromatic nitrogens is 1. The summed E-state index contributed by atoms with van der Waals surface area (Å²) < 4.78 is 28.0. The minimum absolute atomic E-state index is 0.0627. The van der Waals surface area contributed by atoms with E-state index in [0.717, 1.165) is 5.56 Å². The summed E-state index contributed by atoms with van der Waals surface area (Å²) in [7, 11) is -3.09. The second kappa shape index (κ2) is 7.55. The molecule has 1 N–H and O–H groups in total. The number of hydrogen-bond donors (Lipinski definition) is 1. The van der Waals surface area contributed by atoms with Crippen LogP contribution >= 0.6 is 11.3 Å². The van der Waals surface area contributed by atoms with Crippen LogP contribution in [0.25, 0.3) is 10.6 Å². The molecule has 7 nitrogen and oxygen atoms in total. The second-order valence-electron chi connectivity index (χ2n) is 6.06. The number of rotatable bonds is 5. The molecule has 9 heteroatoms. The monoisotopic (exact) mass is 394 g/mol. The quantitative estimate of drug-likeness (QED) is 0.774. The molecule has 1 aliphatic rings. The van der Waals surface area contributed by atoms with Gasteiger partial charge in [-0.15, -0.1) is 11.3 Å². The van der Waals surface area contributed by atoms with E-state index in [1.807, 2.05) is 30.3 Å². The highest BCUT2D eigenvalue weighted by atomic mass is 32.2. The fourth-order valence-electron chi connectivity index (χ4n) is 2.58. The molecule has 1 aromatic carbocycles. The largest absolute Gasteiger partial charge is 0.448 e. The molecule has 1 amide bonds. The highest BCUT2D eigenvalue weighted by molar-refractivity contribution is 7.91. The minimum Gasteiger partial charge on any atom is -0.448 e. The number of ether oxygens (including phenoxy) is 1. The van der Waals surface area contributed by atoms with E-state index in [1.54, 1.807) is 5.38 Å². The summed E-state index contributed by atoms with van der Waals surface area (Å²) in [5, 5.41) is 4.88. The van der Waals surface area contributed by atoms with E-state index >= 15 is 0 Å². The zero-order chi connectivity index (χ0) is 18.7. The van der Waals surface area contributed by atoms with Crippen LogP contribution in [0.3, 0.4) is 0 Å². The van der Waals surface area contributed by atoms with Gasteiger partial charge < -0.3 is 10.1 Å². The number of carbonyl (C=O) groups excluding carboxylic acids is 2. The van der Waals surface area contributed by atoms with Crippen molar-refractivity contribution in [2.45, 2.75) is 25.5 Å². The van der Waals surface area contributed by atoms with Gasteiger partial charge in [0.25, 0.3) is 5.91 Å². The molecule has 0 radical (unpaired) electrons. The van der Waals surface area contributed by atoms with Crippen molar-refractivity contribution in [3.05, 3.63) is 41.4 Å². The van der Waals surface area contributed by atoms with Gasteiger partial charge in [-0.1, -0.05) is 30.3 Å². The molecule has 1 aromatic heterocycles. The van der Waals surface area contributed by atoms with Crippen molar-refractivity contribution in [3.63, 3.8) is 0 Å². The molecule has 1 saturated heterocycles. The van der Waals surface area contributed by atoms with Gasteiger partial charge in [-0.05, 0) is 13.3 Å². The van der Waals surface area contributed by atoms with E-state index in [-0.39, 0.29) is 17.2 Å². The van der Waals surface area contributed by atoms with E-state index in [4.69, 9.17) is 4.74 Å². The summed E-state index contributed by atoms with van der Waals surface area (Å²) in [6.07, 6.45) is -0.658. The Morgan fingerprint density at radius 3 is 2.69 bits per heavy atom. The number of nitrogens with one attached hydrogen (secondary N) is 1. The third kappa shape index (κ3) is 4.47. The van der Waals surface area contributed by atoms with Gasteiger partial charge in [0.2, 0.25) is 0 Å². The molecular weight excluding hydrogens is 376 g/mol. The van der Waals surface area contributed by atoms with Crippen molar-refractivity contribution in [2.75, 3.05) is 11.5 Å². The third-order valence-corrected chi connectivity index (χ3v) is 6.63. The van der Waals surface area contributed by atoms with Crippen LogP contribution in [0, 0.1) is 0 Å². The molecule has 0 unspecified atom stereocenters. The smallest absolute Gasteiger partial charge is 0.358 e. The molecule has 2 atom stereocenters. The summed E-state index contributed by atoms with van der Waals surface area (Å²) >= 11 is 1.31. The van der Waals surface area contributed by atoms with Gasteiger partial charge in [-0.3, -0.25) is 4.79 Å². The van der Waals surface area contributed by atoms with Gasteiger partial charge in [0.1, 0.15) is 5.01 Å². The molecule has 1 aliphatic heterocycles. The van der Waals surface area contributed by atoms with Crippen LogP contribution in [0.4, 0.5) is 0 Å². The average Bonchev–Trinajstić information content (AvgIpc) is 3.22. The summed E-state index contributed by atoms with van der Waals surface area (Å²) in [5.41, 5.74) is 1.03. The lowest BCUT2D eigenvalue weighted by Crippen LogP contribution is -2.42. The van der Waals surface area contributed by atoms with Gasteiger partial charge >= 0.3 is 5.97 Å². The Balaban J connectivity index is 1.57. The first kappa shape index (κ1) is 18.5. The lowest BCUT2D eigenvalue weighted by molar-refractivity contribution is -0.129. The number of amides is 1. The predicted octanol–water partition coefficient (Wildman–Crippen LogP) is 1.66. The first-order valence-corrected chi connectivity index (χ1v) is 10.8. The van der Waals surface area contributed by atoms with Crippen molar-refractivity contribution in [3.8, 4) is 10.6 Å². The number of nitrogens with zero attached hydrogens (tertiary/aromatic N) is 1. The van der Waals surface area contributed by atoms with E-state index in [2.05, 4.69) is 10.3 Å². The Kier molecular flexibility index (Phi) is 5.38. The summed E-state index contributed by atoms with van der Waals surface area (Å²) in [6, 6.07) is 8.99. The van der Waals surface area contributed by atoms with E-state index in [9.17, 15) is 18.0 Å². The highest BCUT2D eigenvalue weighted by Gasteiger charge is 2.31. The number of carbonyl (C=O) groups is 2. The molecule has 3 rings (SSSR count). The maximum atomic E-state index is 12.2. The summed E-state index contributed by atoms with van der Waals surface area (Å²) in [5.74, 6) is -1.22. The number of sulfone groups is 1. The normalized spacial score (nSPS) is 19.7. The van der Waals surface area contributed by atoms with Gasteiger partial charge in [-0.25, -0.2) is 18.2 Å². The third-order valence-electron chi connectivity index (χ3n) is 3.97. The molecule has 26 heavy (non-hydrogen) atoms. The molecule has 1 fully saturated rings. The Morgan fingerprint density at radius 2 is 2.04 bits per heavy atom. The molecular formula is C17H18N2O5S2. The number of hydrogen-bond acceptors (Lipinski definition) is 7. The van der Waals surface area contributed by atoms with Crippen molar-refractivity contribution in [1.82, 2.24) is 10.3 Å². The number of thiazole rings is 1. The Bertz CT molecular complexity index is 908. The van der Waals surface area contributed by atoms with Crippen molar-refractivity contribution >= 4 is 33.1 Å². The second-order valence-corrected chi connectivity index (χ2v) is 9.15. The maximum Gasteiger partial charge on any atom is 0.358 e. The number of benzene rings is 1.